The molecule has 2 fully saturated rings. The average Bonchev–Trinajstić information content (AvgIpc) is 3.36. The Morgan fingerprint density at radius 1 is 1.26 bits per heavy atom. The highest BCUT2D eigenvalue weighted by Crippen LogP contribution is 2.33. The maximum atomic E-state index is 13.3. The summed E-state index contributed by atoms with van der Waals surface area (Å²) in [6.45, 7) is 1.41. The topological polar surface area (TPSA) is 55.3 Å². The lowest BCUT2D eigenvalue weighted by Gasteiger charge is -2.27. The highest BCUT2D eigenvalue weighted by atomic mass is 19.4. The number of piperidine rings is 1. The lowest BCUT2D eigenvalue weighted by Crippen LogP contribution is -2.32. The van der Waals surface area contributed by atoms with Crippen LogP contribution in [0, 0.1) is 5.92 Å². The lowest BCUT2D eigenvalue weighted by atomic mass is 10.1. The van der Waals surface area contributed by atoms with Crippen LogP contribution in [0.25, 0.3) is 0 Å². The molecule has 1 aromatic rings. The van der Waals surface area contributed by atoms with E-state index in [1.54, 1.807) is 4.90 Å². The maximum absolute atomic E-state index is 13.3. The minimum Gasteiger partial charge on any atom is -0.462 e. The summed E-state index contributed by atoms with van der Waals surface area (Å²) in [7, 11) is 0. The number of nitrogens with zero attached hydrogens (tertiary/aromatic N) is 3. The molecule has 1 saturated carbocycles. The van der Waals surface area contributed by atoms with Gasteiger partial charge in [0.05, 0.1) is 6.61 Å². The van der Waals surface area contributed by atoms with Crippen LogP contribution in [0.5, 0.6) is 0 Å². The fourth-order valence-electron chi connectivity index (χ4n) is 2.54. The lowest BCUT2D eigenvalue weighted by molar-refractivity contribution is -0.141. The van der Waals surface area contributed by atoms with Crippen molar-refractivity contribution in [3.63, 3.8) is 0 Å². The number of carbonyl (C=O) groups excluding carboxylic acids is 1. The van der Waals surface area contributed by atoms with Crippen LogP contribution in [0.1, 0.15) is 48.2 Å². The maximum Gasteiger partial charge on any atom is 0.434 e. The molecule has 2 heterocycles. The average molecular weight is 329 g/mol. The highest BCUT2D eigenvalue weighted by molar-refractivity contribution is 5.90. The van der Waals surface area contributed by atoms with Gasteiger partial charge in [-0.3, -0.25) is 0 Å². The van der Waals surface area contributed by atoms with Crippen LogP contribution in [-0.4, -0.2) is 35.6 Å². The van der Waals surface area contributed by atoms with E-state index in [1.165, 1.54) is 0 Å². The van der Waals surface area contributed by atoms with E-state index in [0.717, 1.165) is 38.3 Å². The van der Waals surface area contributed by atoms with Crippen LogP contribution in [0.15, 0.2) is 6.20 Å². The van der Waals surface area contributed by atoms with Gasteiger partial charge in [-0.25, -0.2) is 14.8 Å². The van der Waals surface area contributed by atoms with Gasteiger partial charge < -0.3 is 9.64 Å². The van der Waals surface area contributed by atoms with Gasteiger partial charge in [0.15, 0.2) is 5.69 Å². The number of esters is 1. The normalized spacial score (nSPS) is 18.8. The predicted octanol–water partition coefficient (Wildman–Crippen LogP) is 3.05. The number of anilines is 1. The molecule has 3 rings (SSSR count). The molecule has 1 saturated heterocycles. The smallest absolute Gasteiger partial charge is 0.434 e. The zero-order chi connectivity index (χ0) is 16.4. The third kappa shape index (κ3) is 3.92. The monoisotopic (exact) mass is 329 g/mol. The molecule has 1 aliphatic carbocycles. The molecular weight excluding hydrogens is 311 g/mol. The summed E-state index contributed by atoms with van der Waals surface area (Å²) in [5.41, 5.74) is -1.83. The summed E-state index contributed by atoms with van der Waals surface area (Å²) >= 11 is 0. The third-order valence-corrected chi connectivity index (χ3v) is 4.05. The van der Waals surface area contributed by atoms with Crippen LogP contribution in [0.2, 0.25) is 0 Å². The van der Waals surface area contributed by atoms with Gasteiger partial charge >= 0.3 is 12.1 Å². The van der Waals surface area contributed by atoms with Gasteiger partial charge in [-0.2, -0.15) is 13.2 Å². The van der Waals surface area contributed by atoms with Crippen molar-refractivity contribution in [3.8, 4) is 0 Å². The number of carbonyl (C=O) groups is 1. The molecule has 126 valence electrons. The van der Waals surface area contributed by atoms with Crippen molar-refractivity contribution in [2.24, 2.45) is 5.92 Å². The van der Waals surface area contributed by atoms with Gasteiger partial charge in [0.1, 0.15) is 5.56 Å². The molecule has 0 atom stereocenters. The number of ether oxygens (including phenoxy) is 1. The number of aromatic nitrogens is 2. The van der Waals surface area contributed by atoms with Gasteiger partial charge in [-0.1, -0.05) is 0 Å². The first kappa shape index (κ1) is 16.0. The molecule has 0 unspecified atom stereocenters. The first-order valence-electron chi connectivity index (χ1n) is 7.81. The molecule has 8 heteroatoms. The molecule has 5 nitrogen and oxygen atoms in total. The van der Waals surface area contributed by atoms with E-state index in [9.17, 15) is 18.0 Å². The first-order chi connectivity index (χ1) is 10.9. The minimum absolute atomic E-state index is 0.0239. The molecule has 0 aromatic carbocycles. The molecule has 0 radical (unpaired) electrons. The van der Waals surface area contributed by atoms with E-state index in [-0.39, 0.29) is 18.5 Å². The molecule has 0 amide bonds. The third-order valence-electron chi connectivity index (χ3n) is 4.05. The molecule has 23 heavy (non-hydrogen) atoms. The first-order valence-corrected chi connectivity index (χ1v) is 7.81. The van der Waals surface area contributed by atoms with Crippen molar-refractivity contribution >= 4 is 11.9 Å². The van der Waals surface area contributed by atoms with Crippen LogP contribution in [-0.2, 0) is 10.9 Å². The van der Waals surface area contributed by atoms with Crippen LogP contribution in [0.4, 0.5) is 19.1 Å². The van der Waals surface area contributed by atoms with Gasteiger partial charge in [0, 0.05) is 19.3 Å². The van der Waals surface area contributed by atoms with E-state index in [0.29, 0.717) is 13.1 Å². The Kier molecular flexibility index (Phi) is 4.41. The van der Waals surface area contributed by atoms with Crippen LogP contribution >= 0.6 is 0 Å². The Morgan fingerprint density at radius 2 is 1.96 bits per heavy atom. The molecular formula is C15H18F3N3O2. The van der Waals surface area contributed by atoms with E-state index in [4.69, 9.17) is 4.74 Å². The second kappa shape index (κ2) is 6.33. The summed E-state index contributed by atoms with van der Waals surface area (Å²) in [6.07, 6.45) is 0.962. The summed E-state index contributed by atoms with van der Waals surface area (Å²) < 4.78 is 44.7. The molecule has 1 aromatic heterocycles. The molecule has 0 spiro atoms. The Labute approximate surface area is 131 Å². The van der Waals surface area contributed by atoms with Crippen molar-refractivity contribution < 1.29 is 22.7 Å². The highest BCUT2D eigenvalue weighted by Gasteiger charge is 2.39. The summed E-state index contributed by atoms with van der Waals surface area (Å²) in [4.78, 5) is 21.2. The second-order valence-corrected chi connectivity index (χ2v) is 6.02. The van der Waals surface area contributed by atoms with Crippen molar-refractivity contribution in [1.82, 2.24) is 9.97 Å². The standard InChI is InChI=1S/C15H18F3N3O2/c16-15(17,18)12-11(13(22)23-9-10-4-5-10)8-19-14(20-12)21-6-2-1-3-7-21/h8,10H,1-7,9H2. The Morgan fingerprint density at radius 3 is 2.57 bits per heavy atom. The van der Waals surface area contributed by atoms with E-state index < -0.39 is 23.4 Å². The zero-order valence-corrected chi connectivity index (χ0v) is 12.6. The van der Waals surface area contributed by atoms with E-state index in [2.05, 4.69) is 9.97 Å². The molecule has 2 aliphatic rings. The number of halogens is 3. The second-order valence-electron chi connectivity index (χ2n) is 6.02. The molecule has 1 aliphatic heterocycles. The molecule has 0 N–H and O–H groups in total. The number of hydrogen-bond donors (Lipinski definition) is 0. The molecule has 0 bridgehead atoms. The van der Waals surface area contributed by atoms with Crippen molar-refractivity contribution in [2.45, 2.75) is 38.3 Å². The zero-order valence-electron chi connectivity index (χ0n) is 12.6. The Bertz CT molecular complexity index is 582. The summed E-state index contributed by atoms with van der Waals surface area (Å²) in [5, 5.41) is 0. The van der Waals surface area contributed by atoms with E-state index in [1.807, 2.05) is 0 Å². The van der Waals surface area contributed by atoms with Crippen LogP contribution in [0.3, 0.4) is 0 Å². The van der Waals surface area contributed by atoms with Crippen molar-refractivity contribution in [2.75, 3.05) is 24.6 Å². The Balaban J connectivity index is 1.84. The SMILES string of the molecule is O=C(OCC1CC1)c1cnc(N2CCCCC2)nc1C(F)(F)F. The predicted molar refractivity (Wildman–Crippen MR) is 76.1 cm³/mol. The van der Waals surface area contributed by atoms with E-state index >= 15 is 0 Å². The van der Waals surface area contributed by atoms with Gasteiger partial charge in [-0.05, 0) is 38.0 Å². The minimum atomic E-state index is -4.72. The quantitative estimate of drug-likeness (QED) is 0.795. The fourth-order valence-corrected chi connectivity index (χ4v) is 2.54. The number of alkyl halides is 3. The van der Waals surface area contributed by atoms with Gasteiger partial charge in [0.25, 0.3) is 0 Å². The fraction of sp³-hybridized carbons (Fsp3) is 0.667. The Hall–Kier alpha value is -1.86. The van der Waals surface area contributed by atoms with Crippen LogP contribution < -0.4 is 4.90 Å². The number of rotatable bonds is 4. The number of hydrogen-bond acceptors (Lipinski definition) is 5. The van der Waals surface area contributed by atoms with Gasteiger partial charge in [0.2, 0.25) is 5.95 Å². The van der Waals surface area contributed by atoms with Crippen molar-refractivity contribution in [3.05, 3.63) is 17.5 Å². The summed E-state index contributed by atoms with van der Waals surface area (Å²) in [5.74, 6) is -0.702. The van der Waals surface area contributed by atoms with Crippen molar-refractivity contribution in [1.29, 1.82) is 0 Å². The van der Waals surface area contributed by atoms with Gasteiger partial charge in [-0.15, -0.1) is 0 Å². The summed E-state index contributed by atoms with van der Waals surface area (Å²) in [6, 6.07) is 0. The largest absolute Gasteiger partial charge is 0.462 e.